The van der Waals surface area contributed by atoms with Crippen molar-refractivity contribution in [3.8, 4) is 0 Å². The molecule has 1 aliphatic rings. The number of nitrogens with zero attached hydrogens (tertiary/aromatic N) is 3. The smallest absolute Gasteiger partial charge is 0.232 e. The van der Waals surface area contributed by atoms with E-state index in [1.54, 1.807) is 22.7 Å². The van der Waals surface area contributed by atoms with Crippen molar-refractivity contribution in [2.24, 2.45) is 5.92 Å². The second kappa shape index (κ2) is 5.48. The summed E-state index contributed by atoms with van der Waals surface area (Å²) in [6.45, 7) is 2.27. The predicted molar refractivity (Wildman–Crippen MR) is 88.7 cm³/mol. The lowest BCUT2D eigenvalue weighted by Crippen LogP contribution is -2.14. The SMILES string of the molecule is C[C@@H]1CCc2nc(NC(=O)Cc3cn4ccsc4n3)sc2C1. The molecule has 0 saturated heterocycles. The topological polar surface area (TPSA) is 59.3 Å². The number of aromatic nitrogens is 3. The van der Waals surface area contributed by atoms with Crippen molar-refractivity contribution in [1.29, 1.82) is 0 Å². The zero-order chi connectivity index (χ0) is 15.1. The molecule has 4 rings (SSSR count). The van der Waals surface area contributed by atoms with Crippen LogP contribution in [0.3, 0.4) is 0 Å². The third kappa shape index (κ3) is 2.66. The number of fused-ring (bicyclic) bond motifs is 2. The number of nitrogens with one attached hydrogen (secondary N) is 1. The van der Waals surface area contributed by atoms with Gasteiger partial charge >= 0.3 is 0 Å². The van der Waals surface area contributed by atoms with Gasteiger partial charge in [-0.25, -0.2) is 9.97 Å². The molecule has 22 heavy (non-hydrogen) atoms. The van der Waals surface area contributed by atoms with Crippen molar-refractivity contribution < 1.29 is 4.79 Å². The van der Waals surface area contributed by atoms with Gasteiger partial charge in [0.2, 0.25) is 5.91 Å². The molecule has 1 atom stereocenters. The predicted octanol–water partition coefficient (Wildman–Crippen LogP) is 3.16. The second-order valence-corrected chi connectivity index (χ2v) is 7.74. The molecule has 114 valence electrons. The lowest BCUT2D eigenvalue weighted by Gasteiger charge is -2.15. The lowest BCUT2D eigenvalue weighted by atomic mass is 9.93. The summed E-state index contributed by atoms with van der Waals surface area (Å²) in [4.78, 5) is 23.4. The summed E-state index contributed by atoms with van der Waals surface area (Å²) in [5.74, 6) is 0.667. The van der Waals surface area contributed by atoms with Gasteiger partial charge in [0.15, 0.2) is 10.1 Å². The first-order valence-electron chi connectivity index (χ1n) is 7.37. The number of amides is 1. The van der Waals surface area contributed by atoms with Crippen molar-refractivity contribution in [2.75, 3.05) is 5.32 Å². The molecule has 0 radical (unpaired) electrons. The van der Waals surface area contributed by atoms with Crippen LogP contribution in [0.5, 0.6) is 0 Å². The van der Waals surface area contributed by atoms with Crippen molar-refractivity contribution in [1.82, 2.24) is 14.4 Å². The second-order valence-electron chi connectivity index (χ2n) is 5.79. The summed E-state index contributed by atoms with van der Waals surface area (Å²) in [6.07, 6.45) is 7.44. The van der Waals surface area contributed by atoms with Gasteiger partial charge in [-0.2, -0.15) is 0 Å². The first kappa shape index (κ1) is 13.9. The first-order valence-corrected chi connectivity index (χ1v) is 9.06. The number of hydrogen-bond donors (Lipinski definition) is 1. The third-order valence-electron chi connectivity index (χ3n) is 3.92. The van der Waals surface area contributed by atoms with Crippen LogP contribution in [0.2, 0.25) is 0 Å². The molecule has 1 aliphatic carbocycles. The van der Waals surface area contributed by atoms with E-state index < -0.39 is 0 Å². The minimum atomic E-state index is -0.0510. The Morgan fingerprint density at radius 1 is 1.50 bits per heavy atom. The zero-order valence-corrected chi connectivity index (χ0v) is 13.8. The number of anilines is 1. The first-order chi connectivity index (χ1) is 10.7. The average molecular weight is 332 g/mol. The van der Waals surface area contributed by atoms with E-state index in [0.717, 1.165) is 34.5 Å². The Balaban J connectivity index is 1.44. The standard InChI is InChI=1S/C15H16N4OS2/c1-9-2-3-11-12(6-9)22-14(17-11)18-13(20)7-10-8-19-4-5-21-15(19)16-10/h4-5,8-9H,2-3,6-7H2,1H3,(H,17,18,20)/t9-/m1/s1. The highest BCUT2D eigenvalue weighted by molar-refractivity contribution is 7.16. The number of hydrogen-bond acceptors (Lipinski definition) is 5. The molecular formula is C15H16N4OS2. The maximum Gasteiger partial charge on any atom is 0.232 e. The molecule has 0 saturated carbocycles. The summed E-state index contributed by atoms with van der Waals surface area (Å²) in [7, 11) is 0. The van der Waals surface area contributed by atoms with Gasteiger partial charge in [0.25, 0.3) is 0 Å². The average Bonchev–Trinajstić information content (AvgIpc) is 3.11. The van der Waals surface area contributed by atoms with E-state index in [2.05, 4.69) is 22.2 Å². The van der Waals surface area contributed by atoms with Crippen LogP contribution in [0.15, 0.2) is 17.8 Å². The fourth-order valence-electron chi connectivity index (χ4n) is 2.78. The molecule has 0 spiro atoms. The molecule has 0 aromatic carbocycles. The minimum Gasteiger partial charge on any atom is -0.302 e. The van der Waals surface area contributed by atoms with Gasteiger partial charge < -0.3 is 5.32 Å². The van der Waals surface area contributed by atoms with E-state index in [-0.39, 0.29) is 12.3 Å². The molecule has 3 aromatic heterocycles. The number of thiazole rings is 2. The van der Waals surface area contributed by atoms with E-state index in [9.17, 15) is 4.79 Å². The Kier molecular flexibility index (Phi) is 3.46. The molecule has 1 N–H and O–H groups in total. The molecule has 5 nitrogen and oxygen atoms in total. The Morgan fingerprint density at radius 2 is 2.41 bits per heavy atom. The van der Waals surface area contributed by atoms with E-state index >= 15 is 0 Å². The molecule has 3 aromatic rings. The monoisotopic (exact) mass is 332 g/mol. The number of carbonyl (C=O) groups excluding carboxylic acids is 1. The number of carbonyl (C=O) groups is 1. The van der Waals surface area contributed by atoms with Crippen LogP contribution in [0.1, 0.15) is 29.6 Å². The van der Waals surface area contributed by atoms with Gasteiger partial charge in [-0.1, -0.05) is 6.92 Å². The van der Waals surface area contributed by atoms with Crippen molar-refractivity contribution >= 4 is 38.7 Å². The van der Waals surface area contributed by atoms with E-state index in [1.807, 2.05) is 22.2 Å². The Labute approximate surface area is 136 Å². The maximum absolute atomic E-state index is 12.2. The van der Waals surface area contributed by atoms with Crippen LogP contribution < -0.4 is 5.32 Å². The molecule has 0 unspecified atom stereocenters. The number of aryl methyl sites for hydroxylation is 1. The summed E-state index contributed by atoms with van der Waals surface area (Å²) >= 11 is 3.19. The van der Waals surface area contributed by atoms with Crippen LogP contribution in [0.25, 0.3) is 4.96 Å². The van der Waals surface area contributed by atoms with Gasteiger partial charge in [-0.05, 0) is 25.2 Å². The molecule has 0 fully saturated rings. The summed E-state index contributed by atoms with van der Waals surface area (Å²) in [6, 6.07) is 0. The molecular weight excluding hydrogens is 316 g/mol. The summed E-state index contributed by atoms with van der Waals surface area (Å²) < 4.78 is 1.94. The Bertz CT molecular complexity index is 803. The van der Waals surface area contributed by atoms with Crippen LogP contribution in [-0.4, -0.2) is 20.3 Å². The van der Waals surface area contributed by atoms with Crippen LogP contribution in [-0.2, 0) is 24.1 Å². The quantitative estimate of drug-likeness (QED) is 0.801. The van der Waals surface area contributed by atoms with Gasteiger partial charge in [0.05, 0.1) is 17.8 Å². The van der Waals surface area contributed by atoms with Gasteiger partial charge in [0, 0.05) is 22.7 Å². The van der Waals surface area contributed by atoms with Crippen LogP contribution >= 0.6 is 22.7 Å². The summed E-state index contributed by atoms with van der Waals surface area (Å²) in [5, 5.41) is 5.63. The highest BCUT2D eigenvalue weighted by atomic mass is 32.1. The summed E-state index contributed by atoms with van der Waals surface area (Å²) in [5.41, 5.74) is 1.96. The molecule has 0 bridgehead atoms. The van der Waals surface area contributed by atoms with Crippen LogP contribution in [0.4, 0.5) is 5.13 Å². The normalized spacial score (nSPS) is 17.6. The van der Waals surface area contributed by atoms with E-state index in [1.165, 1.54) is 17.0 Å². The molecule has 7 heteroatoms. The number of rotatable bonds is 3. The van der Waals surface area contributed by atoms with E-state index in [0.29, 0.717) is 0 Å². The van der Waals surface area contributed by atoms with Gasteiger partial charge in [-0.3, -0.25) is 9.20 Å². The third-order valence-corrected chi connectivity index (χ3v) is 5.72. The fraction of sp³-hybridized carbons (Fsp3) is 0.400. The highest BCUT2D eigenvalue weighted by Gasteiger charge is 2.20. The van der Waals surface area contributed by atoms with Crippen molar-refractivity contribution in [3.63, 3.8) is 0 Å². The molecule has 3 heterocycles. The van der Waals surface area contributed by atoms with Gasteiger partial charge in [0.1, 0.15) is 0 Å². The largest absolute Gasteiger partial charge is 0.302 e. The molecule has 0 aliphatic heterocycles. The van der Waals surface area contributed by atoms with Crippen LogP contribution in [0, 0.1) is 5.92 Å². The Hall–Kier alpha value is -1.73. The minimum absolute atomic E-state index is 0.0510. The number of imidazole rings is 1. The Morgan fingerprint density at radius 3 is 3.27 bits per heavy atom. The fourth-order valence-corrected chi connectivity index (χ4v) is 4.69. The van der Waals surface area contributed by atoms with Crippen molar-refractivity contribution in [3.05, 3.63) is 34.0 Å². The highest BCUT2D eigenvalue weighted by Crippen LogP contribution is 2.32. The maximum atomic E-state index is 12.2. The van der Waals surface area contributed by atoms with E-state index in [4.69, 9.17) is 0 Å². The zero-order valence-electron chi connectivity index (χ0n) is 12.2. The molecule has 1 amide bonds. The lowest BCUT2D eigenvalue weighted by molar-refractivity contribution is -0.115. The van der Waals surface area contributed by atoms with Crippen molar-refractivity contribution in [2.45, 2.75) is 32.6 Å². The van der Waals surface area contributed by atoms with Gasteiger partial charge in [-0.15, -0.1) is 22.7 Å².